The van der Waals surface area contributed by atoms with Crippen LogP contribution in [0.3, 0.4) is 0 Å². The van der Waals surface area contributed by atoms with E-state index in [1.165, 1.54) is 5.56 Å². The van der Waals surface area contributed by atoms with Crippen LogP contribution < -0.4 is 14.2 Å². The molecule has 4 heteroatoms. The zero-order valence-corrected chi connectivity index (χ0v) is 21.3. The molecule has 0 heterocycles. The van der Waals surface area contributed by atoms with Crippen molar-refractivity contribution < 1.29 is 19.0 Å². The van der Waals surface area contributed by atoms with Crippen molar-refractivity contribution in [3.63, 3.8) is 0 Å². The third-order valence-electron chi connectivity index (χ3n) is 4.84. The second-order valence-electron chi connectivity index (χ2n) is 9.70. The summed E-state index contributed by atoms with van der Waals surface area (Å²) in [7, 11) is 0. The molecule has 0 spiro atoms. The molecule has 0 aromatic heterocycles. The number of rotatable bonds is 13. The highest BCUT2D eigenvalue weighted by molar-refractivity contribution is 6.09. The van der Waals surface area contributed by atoms with Crippen molar-refractivity contribution in [2.75, 3.05) is 19.8 Å². The van der Waals surface area contributed by atoms with E-state index in [0.29, 0.717) is 54.6 Å². The maximum Gasteiger partial charge on any atom is 0.189 e. The molecule has 2 rings (SSSR count). The fourth-order valence-corrected chi connectivity index (χ4v) is 3.03. The lowest BCUT2D eigenvalue weighted by Gasteiger charge is -2.15. The molecule has 0 bridgehead atoms. The van der Waals surface area contributed by atoms with Crippen LogP contribution in [-0.4, -0.2) is 25.6 Å². The summed E-state index contributed by atoms with van der Waals surface area (Å²) >= 11 is 0. The van der Waals surface area contributed by atoms with Crippen molar-refractivity contribution in [2.24, 2.45) is 17.8 Å². The predicted molar refractivity (Wildman–Crippen MR) is 137 cm³/mol. The average molecular weight is 453 g/mol. The van der Waals surface area contributed by atoms with Crippen LogP contribution in [0.2, 0.25) is 0 Å². The van der Waals surface area contributed by atoms with E-state index < -0.39 is 0 Å². The van der Waals surface area contributed by atoms with E-state index in [9.17, 15) is 4.79 Å². The van der Waals surface area contributed by atoms with Gasteiger partial charge in [-0.25, -0.2) is 0 Å². The van der Waals surface area contributed by atoms with Crippen LogP contribution in [-0.2, 0) is 6.42 Å². The quantitative estimate of drug-likeness (QED) is 0.237. The molecule has 0 aliphatic carbocycles. The average Bonchev–Trinajstić information content (AvgIpc) is 2.78. The van der Waals surface area contributed by atoms with Crippen molar-refractivity contribution in [1.29, 1.82) is 0 Å². The van der Waals surface area contributed by atoms with Crippen molar-refractivity contribution in [1.82, 2.24) is 0 Å². The van der Waals surface area contributed by atoms with Crippen LogP contribution in [0, 0.1) is 17.8 Å². The Kier molecular flexibility index (Phi) is 10.5. The van der Waals surface area contributed by atoms with Gasteiger partial charge in [-0.2, -0.15) is 0 Å². The molecule has 2 aromatic carbocycles. The van der Waals surface area contributed by atoms with E-state index in [-0.39, 0.29) is 5.78 Å². The smallest absolute Gasteiger partial charge is 0.189 e. The summed E-state index contributed by atoms with van der Waals surface area (Å²) in [6, 6.07) is 11.6. The molecule has 0 amide bonds. The Bertz CT molecular complexity index is 925. The first-order chi connectivity index (χ1) is 15.7. The Labute approximate surface area is 200 Å². The summed E-state index contributed by atoms with van der Waals surface area (Å²) in [5.74, 6) is 3.09. The molecule has 2 aromatic rings. The minimum absolute atomic E-state index is 0.125. The maximum atomic E-state index is 13.2. The van der Waals surface area contributed by atoms with Crippen molar-refractivity contribution in [3.05, 3.63) is 59.2 Å². The lowest BCUT2D eigenvalue weighted by atomic mass is 10.0. The van der Waals surface area contributed by atoms with Crippen LogP contribution >= 0.6 is 0 Å². The summed E-state index contributed by atoms with van der Waals surface area (Å²) in [5.41, 5.74) is 2.61. The van der Waals surface area contributed by atoms with Gasteiger partial charge in [-0.15, -0.1) is 0 Å². The van der Waals surface area contributed by atoms with E-state index >= 15 is 0 Å². The maximum absolute atomic E-state index is 13.2. The normalized spacial score (nSPS) is 11.6. The SMILES string of the molecule is CCc1ccc(OCC(C)C)c(/C=C\C(=O)c2cc(OCC(C)C)ccc2OCC(C)C)c1. The zero-order chi connectivity index (χ0) is 24.4. The monoisotopic (exact) mass is 452 g/mol. The van der Waals surface area contributed by atoms with E-state index in [2.05, 4.69) is 60.6 Å². The number of hydrogen-bond acceptors (Lipinski definition) is 4. The second-order valence-corrected chi connectivity index (χ2v) is 9.70. The molecule has 0 saturated carbocycles. The van der Waals surface area contributed by atoms with E-state index in [0.717, 1.165) is 17.7 Å². The highest BCUT2D eigenvalue weighted by Crippen LogP contribution is 2.28. The standard InChI is InChI=1S/C29H40O4/c1-8-23-9-13-28(32-18-21(4)5)24(15-23)10-12-27(30)26-16-25(31-17-20(2)3)11-14-29(26)33-19-22(6)7/h9-16,20-22H,8,17-19H2,1-7H3/b12-10-. The number of hydrogen-bond donors (Lipinski definition) is 0. The number of ketones is 1. The van der Waals surface area contributed by atoms with Gasteiger partial charge in [-0.1, -0.05) is 54.5 Å². The molecule has 0 N–H and O–H groups in total. The summed E-state index contributed by atoms with van der Waals surface area (Å²) in [4.78, 5) is 13.2. The number of allylic oxidation sites excluding steroid dienone is 1. The largest absolute Gasteiger partial charge is 0.493 e. The molecule has 0 unspecified atom stereocenters. The summed E-state index contributed by atoms with van der Waals surface area (Å²) in [6.45, 7) is 16.5. The number of carbonyl (C=O) groups is 1. The van der Waals surface area contributed by atoms with Crippen LogP contribution in [0.5, 0.6) is 17.2 Å². The van der Waals surface area contributed by atoms with Crippen molar-refractivity contribution >= 4 is 11.9 Å². The van der Waals surface area contributed by atoms with Crippen LogP contribution in [0.15, 0.2) is 42.5 Å². The number of carbonyl (C=O) groups excluding carboxylic acids is 1. The van der Waals surface area contributed by atoms with E-state index in [1.54, 1.807) is 12.1 Å². The molecule has 0 aliphatic rings. The fraction of sp³-hybridized carbons (Fsp3) is 0.483. The number of benzene rings is 2. The fourth-order valence-electron chi connectivity index (χ4n) is 3.03. The third-order valence-corrected chi connectivity index (χ3v) is 4.84. The molecule has 180 valence electrons. The summed E-state index contributed by atoms with van der Waals surface area (Å²) < 4.78 is 17.8. The first kappa shape index (κ1) is 26.5. The minimum atomic E-state index is -0.125. The van der Waals surface area contributed by atoms with Gasteiger partial charge in [-0.05, 0) is 72.2 Å². The molecule has 0 saturated heterocycles. The van der Waals surface area contributed by atoms with Gasteiger partial charge < -0.3 is 14.2 Å². The lowest BCUT2D eigenvalue weighted by molar-refractivity contribution is 0.104. The van der Waals surface area contributed by atoms with Crippen molar-refractivity contribution in [2.45, 2.75) is 54.9 Å². The van der Waals surface area contributed by atoms with Gasteiger partial charge in [0.1, 0.15) is 17.2 Å². The van der Waals surface area contributed by atoms with Gasteiger partial charge in [0, 0.05) is 5.56 Å². The van der Waals surface area contributed by atoms with Crippen LogP contribution in [0.1, 0.15) is 70.0 Å². The number of aryl methyl sites for hydroxylation is 1. The Hall–Kier alpha value is -2.75. The Balaban J connectivity index is 2.33. The lowest BCUT2D eigenvalue weighted by Crippen LogP contribution is -2.09. The topological polar surface area (TPSA) is 44.8 Å². The zero-order valence-electron chi connectivity index (χ0n) is 21.3. The molecule has 0 atom stereocenters. The minimum Gasteiger partial charge on any atom is -0.493 e. The second kappa shape index (κ2) is 13.1. The molecule has 33 heavy (non-hydrogen) atoms. The third kappa shape index (κ3) is 8.95. The van der Waals surface area contributed by atoms with Gasteiger partial charge in [-0.3, -0.25) is 4.79 Å². The summed E-state index contributed by atoms with van der Waals surface area (Å²) in [5, 5.41) is 0. The van der Waals surface area contributed by atoms with Crippen molar-refractivity contribution in [3.8, 4) is 17.2 Å². The molecule has 0 radical (unpaired) electrons. The first-order valence-corrected chi connectivity index (χ1v) is 12.1. The highest BCUT2D eigenvalue weighted by Gasteiger charge is 2.14. The Morgan fingerprint density at radius 2 is 1.36 bits per heavy atom. The molecular weight excluding hydrogens is 412 g/mol. The van der Waals surface area contributed by atoms with Crippen LogP contribution in [0.4, 0.5) is 0 Å². The van der Waals surface area contributed by atoms with Gasteiger partial charge in [0.2, 0.25) is 0 Å². The van der Waals surface area contributed by atoms with Gasteiger partial charge >= 0.3 is 0 Å². The van der Waals surface area contributed by atoms with E-state index in [4.69, 9.17) is 14.2 Å². The number of ether oxygens (including phenoxy) is 3. The predicted octanol–water partition coefficient (Wildman–Crippen LogP) is 7.25. The first-order valence-electron chi connectivity index (χ1n) is 12.1. The molecule has 4 nitrogen and oxygen atoms in total. The summed E-state index contributed by atoms with van der Waals surface area (Å²) in [6.07, 6.45) is 4.35. The molecular formula is C29H40O4. The molecule has 0 aliphatic heterocycles. The van der Waals surface area contributed by atoms with Gasteiger partial charge in [0.05, 0.1) is 25.4 Å². The van der Waals surface area contributed by atoms with Gasteiger partial charge in [0.15, 0.2) is 5.78 Å². The molecule has 0 fully saturated rings. The van der Waals surface area contributed by atoms with Gasteiger partial charge in [0.25, 0.3) is 0 Å². The highest BCUT2D eigenvalue weighted by atomic mass is 16.5. The van der Waals surface area contributed by atoms with Crippen LogP contribution in [0.25, 0.3) is 6.08 Å². The van der Waals surface area contributed by atoms with E-state index in [1.807, 2.05) is 24.3 Å². The Morgan fingerprint density at radius 1 is 0.788 bits per heavy atom. The Morgan fingerprint density at radius 3 is 1.97 bits per heavy atom.